The van der Waals surface area contributed by atoms with Gasteiger partial charge in [-0.1, -0.05) is 0 Å². The van der Waals surface area contributed by atoms with Crippen LogP contribution in [0.5, 0.6) is 0 Å². The summed E-state index contributed by atoms with van der Waals surface area (Å²) in [7, 11) is 0. The quantitative estimate of drug-likeness (QED) is 0.903. The molecule has 1 aliphatic carbocycles. The molecule has 0 bridgehead atoms. The summed E-state index contributed by atoms with van der Waals surface area (Å²) in [5, 5.41) is 7.16. The van der Waals surface area contributed by atoms with Gasteiger partial charge in [-0.3, -0.25) is 9.89 Å². The summed E-state index contributed by atoms with van der Waals surface area (Å²) >= 11 is 0. The van der Waals surface area contributed by atoms with E-state index in [0.717, 1.165) is 25.1 Å². The van der Waals surface area contributed by atoms with Gasteiger partial charge in [-0.25, -0.2) is 0 Å². The maximum atomic E-state index is 12.4. The average Bonchev–Trinajstić information content (AvgIpc) is 3.17. The number of aromatic amines is 1. The van der Waals surface area contributed by atoms with Crippen molar-refractivity contribution in [1.29, 1.82) is 0 Å². The Labute approximate surface area is 113 Å². The Balaban J connectivity index is 1.64. The third-order valence-electron chi connectivity index (χ3n) is 3.90. The zero-order valence-corrected chi connectivity index (χ0v) is 11.4. The summed E-state index contributed by atoms with van der Waals surface area (Å²) in [6, 6.07) is 1.92. The first kappa shape index (κ1) is 12.7. The fourth-order valence-electron chi connectivity index (χ4n) is 2.71. The molecule has 1 N–H and O–H groups in total. The summed E-state index contributed by atoms with van der Waals surface area (Å²) in [4.78, 5) is 14.3. The van der Waals surface area contributed by atoms with Crippen LogP contribution in [0.3, 0.4) is 0 Å². The number of ether oxygens (including phenoxy) is 1. The number of hydrogen-bond donors (Lipinski definition) is 1. The minimum Gasteiger partial charge on any atom is -0.377 e. The van der Waals surface area contributed by atoms with Gasteiger partial charge in [-0.15, -0.1) is 0 Å². The van der Waals surface area contributed by atoms with E-state index in [1.165, 1.54) is 12.8 Å². The van der Waals surface area contributed by atoms with Crippen LogP contribution in [-0.2, 0) is 4.74 Å². The van der Waals surface area contributed by atoms with Gasteiger partial charge in [0.2, 0.25) is 0 Å². The molecule has 1 saturated heterocycles. The van der Waals surface area contributed by atoms with Crippen LogP contribution in [0.25, 0.3) is 0 Å². The summed E-state index contributed by atoms with van der Waals surface area (Å²) in [5.41, 5.74) is 1.67. The van der Waals surface area contributed by atoms with E-state index in [0.29, 0.717) is 24.8 Å². The van der Waals surface area contributed by atoms with E-state index in [-0.39, 0.29) is 12.0 Å². The number of amides is 1. The molecule has 5 heteroatoms. The van der Waals surface area contributed by atoms with Crippen molar-refractivity contribution in [2.45, 2.75) is 44.6 Å². The molecule has 1 atom stereocenters. The molecule has 2 heterocycles. The number of carbonyl (C=O) groups excluding carboxylic acids is 1. The molecule has 0 radical (unpaired) electrons. The van der Waals surface area contributed by atoms with Crippen molar-refractivity contribution < 1.29 is 9.53 Å². The fraction of sp³-hybridized carbons (Fsp3) is 0.714. The van der Waals surface area contributed by atoms with Crippen LogP contribution in [0.15, 0.2) is 6.07 Å². The standard InChI is InChI=1S/C14H21N3O2/c1-2-19-11-4-3-7-17(9-11)14(18)13-8-12(15-16-13)10-5-6-10/h8,10-11H,2-7,9H2,1H3,(H,15,16)/t11-/m1/s1. The van der Waals surface area contributed by atoms with Crippen molar-refractivity contribution in [3.05, 3.63) is 17.5 Å². The Morgan fingerprint density at radius 1 is 1.53 bits per heavy atom. The Morgan fingerprint density at radius 3 is 3.11 bits per heavy atom. The fourth-order valence-corrected chi connectivity index (χ4v) is 2.71. The number of likely N-dealkylation sites (tertiary alicyclic amines) is 1. The number of H-pyrrole nitrogens is 1. The lowest BCUT2D eigenvalue weighted by atomic mass is 10.1. The second-order valence-corrected chi connectivity index (χ2v) is 5.45. The smallest absolute Gasteiger partial charge is 0.274 e. The Morgan fingerprint density at radius 2 is 2.37 bits per heavy atom. The van der Waals surface area contributed by atoms with Crippen LogP contribution in [0.2, 0.25) is 0 Å². The molecule has 3 rings (SSSR count). The first-order valence-corrected chi connectivity index (χ1v) is 7.24. The van der Waals surface area contributed by atoms with Gasteiger partial charge < -0.3 is 9.64 Å². The van der Waals surface area contributed by atoms with Crippen LogP contribution in [-0.4, -0.2) is 46.8 Å². The predicted molar refractivity (Wildman–Crippen MR) is 71.1 cm³/mol. The van der Waals surface area contributed by atoms with Crippen LogP contribution in [0, 0.1) is 0 Å². The topological polar surface area (TPSA) is 58.2 Å². The molecule has 104 valence electrons. The molecule has 0 aromatic carbocycles. The first-order chi connectivity index (χ1) is 9.28. The average molecular weight is 263 g/mol. The largest absolute Gasteiger partial charge is 0.377 e. The Bertz CT molecular complexity index is 451. The van der Waals surface area contributed by atoms with E-state index < -0.39 is 0 Å². The van der Waals surface area contributed by atoms with Crippen molar-refractivity contribution >= 4 is 5.91 Å². The maximum Gasteiger partial charge on any atom is 0.274 e. The van der Waals surface area contributed by atoms with Gasteiger partial charge >= 0.3 is 0 Å². The first-order valence-electron chi connectivity index (χ1n) is 7.24. The van der Waals surface area contributed by atoms with Crippen molar-refractivity contribution in [3.63, 3.8) is 0 Å². The second kappa shape index (κ2) is 5.33. The van der Waals surface area contributed by atoms with Gasteiger partial charge in [0.15, 0.2) is 0 Å². The van der Waals surface area contributed by atoms with Gasteiger partial charge in [0.05, 0.1) is 6.10 Å². The van der Waals surface area contributed by atoms with Crippen LogP contribution in [0.1, 0.15) is 54.7 Å². The number of carbonyl (C=O) groups is 1. The Hall–Kier alpha value is -1.36. The Kier molecular flexibility index (Phi) is 3.55. The van der Waals surface area contributed by atoms with E-state index in [2.05, 4.69) is 10.2 Å². The molecule has 0 unspecified atom stereocenters. The highest BCUT2D eigenvalue weighted by atomic mass is 16.5. The van der Waals surface area contributed by atoms with Crippen molar-refractivity contribution in [3.8, 4) is 0 Å². The lowest BCUT2D eigenvalue weighted by Crippen LogP contribution is -2.43. The molecule has 0 spiro atoms. The highest BCUT2D eigenvalue weighted by Gasteiger charge is 2.29. The third-order valence-corrected chi connectivity index (χ3v) is 3.90. The number of nitrogens with one attached hydrogen (secondary N) is 1. The number of hydrogen-bond acceptors (Lipinski definition) is 3. The van der Waals surface area contributed by atoms with Gasteiger partial charge in [0.25, 0.3) is 5.91 Å². The lowest BCUT2D eigenvalue weighted by Gasteiger charge is -2.32. The molecular weight excluding hydrogens is 242 g/mol. The second-order valence-electron chi connectivity index (χ2n) is 5.45. The predicted octanol–water partition coefficient (Wildman–Crippen LogP) is 1.93. The van der Waals surface area contributed by atoms with Crippen LogP contribution < -0.4 is 0 Å². The molecular formula is C14H21N3O2. The van der Waals surface area contributed by atoms with Crippen molar-refractivity contribution in [2.24, 2.45) is 0 Å². The van der Waals surface area contributed by atoms with E-state index in [1.54, 1.807) is 0 Å². The monoisotopic (exact) mass is 263 g/mol. The van der Waals surface area contributed by atoms with E-state index in [1.807, 2.05) is 17.9 Å². The molecule has 5 nitrogen and oxygen atoms in total. The molecule has 1 aromatic heterocycles. The zero-order chi connectivity index (χ0) is 13.2. The molecule has 1 aliphatic heterocycles. The van der Waals surface area contributed by atoms with Crippen LogP contribution >= 0.6 is 0 Å². The van der Waals surface area contributed by atoms with Gasteiger partial charge in [0, 0.05) is 31.3 Å². The zero-order valence-electron chi connectivity index (χ0n) is 11.4. The summed E-state index contributed by atoms with van der Waals surface area (Å²) < 4.78 is 5.63. The maximum absolute atomic E-state index is 12.4. The molecule has 1 aromatic rings. The number of rotatable bonds is 4. The van der Waals surface area contributed by atoms with Gasteiger partial charge in [-0.05, 0) is 38.7 Å². The summed E-state index contributed by atoms with van der Waals surface area (Å²) in [5.74, 6) is 0.638. The van der Waals surface area contributed by atoms with Gasteiger partial charge in [-0.2, -0.15) is 5.10 Å². The van der Waals surface area contributed by atoms with Crippen molar-refractivity contribution in [2.75, 3.05) is 19.7 Å². The minimum atomic E-state index is 0.0348. The highest BCUT2D eigenvalue weighted by molar-refractivity contribution is 5.92. The van der Waals surface area contributed by atoms with Gasteiger partial charge in [0.1, 0.15) is 5.69 Å². The van der Waals surface area contributed by atoms with E-state index >= 15 is 0 Å². The lowest BCUT2D eigenvalue weighted by molar-refractivity contribution is 0.00703. The molecule has 1 amide bonds. The number of nitrogens with zero attached hydrogens (tertiary/aromatic N) is 2. The van der Waals surface area contributed by atoms with Crippen molar-refractivity contribution in [1.82, 2.24) is 15.1 Å². The van der Waals surface area contributed by atoms with E-state index in [9.17, 15) is 4.79 Å². The molecule has 1 saturated carbocycles. The summed E-state index contributed by atoms with van der Waals surface area (Å²) in [6.45, 7) is 4.21. The summed E-state index contributed by atoms with van der Waals surface area (Å²) in [6.07, 6.45) is 4.67. The highest BCUT2D eigenvalue weighted by Crippen LogP contribution is 2.39. The normalized spacial score (nSPS) is 23.6. The molecule has 2 aliphatic rings. The third kappa shape index (κ3) is 2.81. The molecule has 19 heavy (non-hydrogen) atoms. The SMILES string of the molecule is CCO[C@@H]1CCCN(C(=O)c2cc(C3CC3)[nH]n2)C1. The minimum absolute atomic E-state index is 0.0348. The number of piperidine rings is 1. The number of aromatic nitrogens is 2. The van der Waals surface area contributed by atoms with Crippen LogP contribution in [0.4, 0.5) is 0 Å². The van der Waals surface area contributed by atoms with E-state index in [4.69, 9.17) is 4.74 Å². The molecule has 2 fully saturated rings.